The van der Waals surface area contributed by atoms with Gasteiger partial charge in [0.05, 0.1) is 6.54 Å². The Hall–Kier alpha value is -0.820. The minimum atomic E-state index is -4.36. The molecule has 0 saturated carbocycles. The molecule has 0 spiro atoms. The van der Waals surface area contributed by atoms with Crippen molar-refractivity contribution < 1.29 is 18.0 Å². The maximum absolute atomic E-state index is 11.8. The zero-order chi connectivity index (χ0) is 13.1. The van der Waals surface area contributed by atoms with Gasteiger partial charge in [0.15, 0.2) is 0 Å². The van der Waals surface area contributed by atoms with E-state index in [-0.39, 0.29) is 12.1 Å². The number of hydrogen-bond acceptors (Lipinski definition) is 3. The number of amides is 1. The van der Waals surface area contributed by atoms with Crippen molar-refractivity contribution in [3.8, 4) is 0 Å². The van der Waals surface area contributed by atoms with E-state index in [0.29, 0.717) is 13.1 Å². The van der Waals surface area contributed by atoms with Crippen LogP contribution in [-0.2, 0) is 4.79 Å². The largest absolute Gasteiger partial charge is 0.405 e. The molecule has 1 rings (SSSR count). The molecule has 0 radical (unpaired) electrons. The van der Waals surface area contributed by atoms with E-state index in [1.807, 2.05) is 12.2 Å². The van der Waals surface area contributed by atoms with Gasteiger partial charge in [-0.25, -0.2) is 0 Å². The van der Waals surface area contributed by atoms with Crippen molar-refractivity contribution in [2.24, 2.45) is 5.73 Å². The Morgan fingerprint density at radius 2 is 2.06 bits per heavy atom. The van der Waals surface area contributed by atoms with E-state index < -0.39 is 18.6 Å². The molecule has 0 aliphatic carbocycles. The van der Waals surface area contributed by atoms with E-state index in [1.165, 1.54) is 0 Å². The number of rotatable bonds is 5. The van der Waals surface area contributed by atoms with Crippen LogP contribution in [0.15, 0.2) is 0 Å². The number of likely N-dealkylation sites (tertiary alicyclic amines) is 1. The Kier molecular flexibility index (Phi) is 4.37. The minimum Gasteiger partial charge on any atom is -0.346 e. The molecule has 1 saturated heterocycles. The molecule has 1 amide bonds. The number of nitrogens with one attached hydrogen (secondary N) is 1. The highest BCUT2D eigenvalue weighted by Gasteiger charge is 2.39. The first-order valence-corrected chi connectivity index (χ1v) is 5.59. The van der Waals surface area contributed by atoms with Crippen LogP contribution >= 0.6 is 0 Å². The second kappa shape index (κ2) is 5.22. The Bertz CT molecular complexity index is 274. The molecule has 100 valence electrons. The van der Waals surface area contributed by atoms with Gasteiger partial charge in [0.1, 0.15) is 6.54 Å². The van der Waals surface area contributed by atoms with E-state index in [9.17, 15) is 18.0 Å². The number of alkyl halides is 3. The molecule has 0 unspecified atom stereocenters. The quantitative estimate of drug-likeness (QED) is 0.749. The standard InChI is InChI=1S/C10H18F3N3O/c1-2-3-9(14)6-16(7-9)4-8(17)15-5-10(11,12)13/h2-7,14H2,1H3,(H,15,17). The zero-order valence-corrected chi connectivity index (χ0v) is 9.81. The Morgan fingerprint density at radius 1 is 1.47 bits per heavy atom. The van der Waals surface area contributed by atoms with Crippen molar-refractivity contribution in [3.05, 3.63) is 0 Å². The number of halogens is 3. The molecule has 0 aromatic carbocycles. The van der Waals surface area contributed by atoms with E-state index in [2.05, 4.69) is 0 Å². The van der Waals surface area contributed by atoms with E-state index in [1.54, 1.807) is 4.90 Å². The van der Waals surface area contributed by atoms with Gasteiger partial charge in [0, 0.05) is 18.6 Å². The topological polar surface area (TPSA) is 58.4 Å². The van der Waals surface area contributed by atoms with Gasteiger partial charge >= 0.3 is 6.18 Å². The molecule has 1 fully saturated rings. The zero-order valence-electron chi connectivity index (χ0n) is 9.81. The Balaban J connectivity index is 2.18. The van der Waals surface area contributed by atoms with Crippen LogP contribution in [0.2, 0.25) is 0 Å². The molecule has 7 heteroatoms. The van der Waals surface area contributed by atoms with E-state index >= 15 is 0 Å². The lowest BCUT2D eigenvalue weighted by molar-refractivity contribution is -0.140. The van der Waals surface area contributed by atoms with E-state index in [0.717, 1.165) is 12.8 Å². The third kappa shape index (κ3) is 4.91. The fraction of sp³-hybridized carbons (Fsp3) is 0.900. The number of nitrogens with zero attached hydrogens (tertiary/aromatic N) is 1. The predicted octanol–water partition coefficient (Wildman–Crippen LogP) is 0.478. The van der Waals surface area contributed by atoms with Gasteiger partial charge in [0.2, 0.25) is 5.91 Å². The first-order chi connectivity index (χ1) is 7.74. The van der Waals surface area contributed by atoms with E-state index in [4.69, 9.17) is 5.73 Å². The monoisotopic (exact) mass is 253 g/mol. The van der Waals surface area contributed by atoms with Crippen LogP contribution in [0.5, 0.6) is 0 Å². The number of nitrogens with two attached hydrogens (primary N) is 1. The molecule has 0 aromatic heterocycles. The molecule has 1 aliphatic heterocycles. The van der Waals surface area contributed by atoms with Crippen LogP contribution in [0.4, 0.5) is 13.2 Å². The lowest BCUT2D eigenvalue weighted by Crippen LogP contribution is -2.68. The summed E-state index contributed by atoms with van der Waals surface area (Å²) in [7, 11) is 0. The third-order valence-electron chi connectivity index (χ3n) is 2.68. The van der Waals surface area contributed by atoms with Gasteiger partial charge in [0.25, 0.3) is 0 Å². The summed E-state index contributed by atoms with van der Waals surface area (Å²) < 4.78 is 35.5. The molecule has 4 nitrogen and oxygen atoms in total. The van der Waals surface area contributed by atoms with Crippen molar-refractivity contribution in [2.75, 3.05) is 26.2 Å². The van der Waals surface area contributed by atoms with Crippen LogP contribution in [-0.4, -0.2) is 48.7 Å². The Labute approximate surface area is 98.3 Å². The average molecular weight is 253 g/mol. The van der Waals surface area contributed by atoms with Gasteiger partial charge in [-0.2, -0.15) is 13.2 Å². The highest BCUT2D eigenvalue weighted by molar-refractivity contribution is 5.78. The average Bonchev–Trinajstić information content (AvgIpc) is 2.11. The third-order valence-corrected chi connectivity index (χ3v) is 2.68. The Morgan fingerprint density at radius 3 is 2.53 bits per heavy atom. The number of hydrogen-bond donors (Lipinski definition) is 2. The van der Waals surface area contributed by atoms with Gasteiger partial charge < -0.3 is 11.1 Å². The maximum atomic E-state index is 11.8. The first kappa shape index (κ1) is 14.2. The molecular weight excluding hydrogens is 235 g/mol. The van der Waals surface area contributed by atoms with Gasteiger partial charge in [-0.15, -0.1) is 0 Å². The summed E-state index contributed by atoms with van der Waals surface area (Å²) in [5, 5.41) is 1.83. The molecular formula is C10H18F3N3O. The fourth-order valence-electron chi connectivity index (χ4n) is 2.07. The fourth-order valence-corrected chi connectivity index (χ4v) is 2.07. The van der Waals surface area contributed by atoms with Crippen LogP contribution in [0, 0.1) is 0 Å². The van der Waals surface area contributed by atoms with Crippen molar-refractivity contribution in [1.82, 2.24) is 10.2 Å². The van der Waals surface area contributed by atoms with Crippen LogP contribution in [0.25, 0.3) is 0 Å². The summed E-state index contributed by atoms with van der Waals surface area (Å²) in [6.07, 6.45) is -2.53. The van der Waals surface area contributed by atoms with Crippen LogP contribution in [0.1, 0.15) is 19.8 Å². The smallest absolute Gasteiger partial charge is 0.346 e. The summed E-state index contributed by atoms with van der Waals surface area (Å²) in [6.45, 7) is 1.87. The first-order valence-electron chi connectivity index (χ1n) is 5.59. The lowest BCUT2D eigenvalue weighted by atomic mass is 9.86. The van der Waals surface area contributed by atoms with Crippen molar-refractivity contribution in [1.29, 1.82) is 0 Å². The highest BCUT2D eigenvalue weighted by atomic mass is 19.4. The van der Waals surface area contributed by atoms with Gasteiger partial charge in [-0.1, -0.05) is 13.3 Å². The van der Waals surface area contributed by atoms with Crippen molar-refractivity contribution >= 4 is 5.91 Å². The molecule has 17 heavy (non-hydrogen) atoms. The molecule has 0 bridgehead atoms. The summed E-state index contributed by atoms with van der Waals surface area (Å²) >= 11 is 0. The molecule has 3 N–H and O–H groups in total. The maximum Gasteiger partial charge on any atom is 0.405 e. The van der Waals surface area contributed by atoms with Crippen molar-refractivity contribution in [2.45, 2.75) is 31.5 Å². The number of carbonyl (C=O) groups excluding carboxylic acids is 1. The number of carbonyl (C=O) groups is 1. The van der Waals surface area contributed by atoms with Gasteiger partial charge in [-0.3, -0.25) is 9.69 Å². The summed E-state index contributed by atoms with van der Waals surface area (Å²) in [4.78, 5) is 12.9. The highest BCUT2D eigenvalue weighted by Crippen LogP contribution is 2.22. The SMILES string of the molecule is CCCC1(N)CN(CC(=O)NCC(F)(F)F)C1. The van der Waals surface area contributed by atoms with Crippen LogP contribution in [0.3, 0.4) is 0 Å². The van der Waals surface area contributed by atoms with Crippen LogP contribution < -0.4 is 11.1 Å². The second-order valence-electron chi connectivity index (χ2n) is 4.65. The molecule has 1 heterocycles. The molecule has 1 aliphatic rings. The lowest BCUT2D eigenvalue weighted by Gasteiger charge is -2.47. The van der Waals surface area contributed by atoms with Crippen molar-refractivity contribution in [3.63, 3.8) is 0 Å². The normalized spacial score (nSPS) is 19.8. The minimum absolute atomic E-state index is 0.0151. The predicted molar refractivity (Wildman–Crippen MR) is 57.3 cm³/mol. The van der Waals surface area contributed by atoms with Gasteiger partial charge in [-0.05, 0) is 6.42 Å². The summed E-state index contributed by atoms with van der Waals surface area (Å²) in [6, 6.07) is 0. The summed E-state index contributed by atoms with van der Waals surface area (Å²) in [5.74, 6) is -0.610. The second-order valence-corrected chi connectivity index (χ2v) is 4.65. The summed E-state index contributed by atoms with van der Waals surface area (Å²) in [5.41, 5.74) is 5.70. The molecule has 0 aromatic rings. The molecule has 0 atom stereocenters.